The van der Waals surface area contributed by atoms with Crippen LogP contribution in [0, 0.1) is 23.6 Å². The molecule has 0 unspecified atom stereocenters. The molecule has 0 spiro atoms. The van der Waals surface area contributed by atoms with E-state index in [1.54, 1.807) is 12.1 Å². The van der Waals surface area contributed by atoms with E-state index >= 15 is 0 Å². The van der Waals surface area contributed by atoms with Crippen LogP contribution in [0.15, 0.2) is 24.3 Å². The van der Waals surface area contributed by atoms with Crippen molar-refractivity contribution < 1.29 is 13.9 Å². The summed E-state index contributed by atoms with van der Waals surface area (Å²) < 4.78 is 18.7. The third-order valence-corrected chi connectivity index (χ3v) is 5.74. The molecule has 0 bridgehead atoms. The number of likely N-dealkylation sites (tertiary alicyclic amines) is 2. The van der Waals surface area contributed by atoms with Gasteiger partial charge in [-0.2, -0.15) is 0 Å². The number of rotatable bonds is 3. The molecule has 3 heterocycles. The van der Waals surface area contributed by atoms with Gasteiger partial charge in [0.1, 0.15) is 5.82 Å². The van der Waals surface area contributed by atoms with Crippen LogP contribution in [0.1, 0.15) is 18.4 Å². The van der Waals surface area contributed by atoms with Crippen molar-refractivity contribution in [1.29, 1.82) is 0 Å². The Balaban J connectivity index is 1.31. The Morgan fingerprint density at radius 2 is 1.83 bits per heavy atom. The Morgan fingerprint density at radius 3 is 2.50 bits per heavy atom. The van der Waals surface area contributed by atoms with E-state index in [1.807, 2.05) is 6.07 Å². The van der Waals surface area contributed by atoms with E-state index in [0.29, 0.717) is 17.7 Å². The molecule has 0 radical (unpaired) electrons. The number of nitrogens with zero attached hydrogens (tertiary/aromatic N) is 2. The first-order valence-corrected chi connectivity index (χ1v) is 9.02. The number of fused-ring (bicyclic) bond motifs is 1. The summed E-state index contributed by atoms with van der Waals surface area (Å²) in [5, 5.41) is 0. The Morgan fingerprint density at radius 1 is 1.12 bits per heavy atom. The van der Waals surface area contributed by atoms with Crippen molar-refractivity contribution in [2.45, 2.75) is 19.4 Å². The van der Waals surface area contributed by atoms with E-state index in [-0.39, 0.29) is 11.7 Å². The maximum Gasteiger partial charge on any atom is 0.225 e. The molecule has 3 aliphatic rings. The monoisotopic (exact) mass is 332 g/mol. The highest BCUT2D eigenvalue weighted by molar-refractivity contribution is 5.79. The predicted molar refractivity (Wildman–Crippen MR) is 88.8 cm³/mol. The van der Waals surface area contributed by atoms with Gasteiger partial charge in [-0.1, -0.05) is 12.1 Å². The minimum Gasteiger partial charge on any atom is -0.381 e. The zero-order valence-corrected chi connectivity index (χ0v) is 14.0. The van der Waals surface area contributed by atoms with Crippen molar-refractivity contribution in [1.82, 2.24) is 9.80 Å². The van der Waals surface area contributed by atoms with E-state index in [4.69, 9.17) is 4.74 Å². The highest BCUT2D eigenvalue weighted by Crippen LogP contribution is 2.33. The Kier molecular flexibility index (Phi) is 4.55. The summed E-state index contributed by atoms with van der Waals surface area (Å²) in [6, 6.07) is 6.87. The van der Waals surface area contributed by atoms with Gasteiger partial charge in [-0.25, -0.2) is 4.39 Å². The van der Waals surface area contributed by atoms with Gasteiger partial charge >= 0.3 is 0 Å². The number of benzene rings is 1. The fraction of sp³-hybridized carbons (Fsp3) is 0.632. The minimum atomic E-state index is -0.167. The van der Waals surface area contributed by atoms with Crippen LogP contribution in [0.4, 0.5) is 4.39 Å². The summed E-state index contributed by atoms with van der Waals surface area (Å²) >= 11 is 0. The average Bonchev–Trinajstić information content (AvgIpc) is 3.13. The third kappa shape index (κ3) is 3.33. The molecule has 0 aliphatic carbocycles. The first-order chi connectivity index (χ1) is 11.7. The lowest BCUT2D eigenvalue weighted by Crippen LogP contribution is -2.39. The number of hydrogen-bond acceptors (Lipinski definition) is 3. The van der Waals surface area contributed by atoms with Crippen LogP contribution in [0.2, 0.25) is 0 Å². The quantitative estimate of drug-likeness (QED) is 0.850. The molecule has 1 aromatic rings. The number of carbonyl (C=O) groups is 1. The second kappa shape index (κ2) is 6.81. The topological polar surface area (TPSA) is 32.8 Å². The van der Waals surface area contributed by atoms with Gasteiger partial charge in [0.25, 0.3) is 0 Å². The van der Waals surface area contributed by atoms with Gasteiger partial charge in [-0.3, -0.25) is 9.69 Å². The van der Waals surface area contributed by atoms with Gasteiger partial charge in [-0.05, 0) is 42.4 Å². The number of carbonyl (C=O) groups excluding carboxylic acids is 1. The number of hydrogen-bond donors (Lipinski definition) is 0. The molecule has 0 aromatic heterocycles. The Bertz CT molecular complexity index is 589. The molecule has 0 saturated carbocycles. The molecule has 4 nitrogen and oxygen atoms in total. The molecule has 0 N–H and O–H groups in total. The van der Waals surface area contributed by atoms with Crippen LogP contribution in [0.3, 0.4) is 0 Å². The lowest BCUT2D eigenvalue weighted by molar-refractivity contribution is -0.137. The van der Waals surface area contributed by atoms with Crippen LogP contribution in [-0.4, -0.2) is 55.1 Å². The Hall–Kier alpha value is -1.46. The van der Waals surface area contributed by atoms with Gasteiger partial charge in [0, 0.05) is 51.9 Å². The first kappa shape index (κ1) is 16.0. The van der Waals surface area contributed by atoms with Crippen molar-refractivity contribution in [3.05, 3.63) is 35.6 Å². The first-order valence-electron chi connectivity index (χ1n) is 9.02. The van der Waals surface area contributed by atoms with Crippen molar-refractivity contribution >= 4 is 5.91 Å². The molecular formula is C19H25FN2O2. The molecular weight excluding hydrogens is 307 g/mol. The van der Waals surface area contributed by atoms with Crippen molar-refractivity contribution in [3.63, 3.8) is 0 Å². The summed E-state index contributed by atoms with van der Waals surface area (Å²) in [6.07, 6.45) is 1.74. The van der Waals surface area contributed by atoms with Crippen LogP contribution in [-0.2, 0) is 16.1 Å². The normalized spacial score (nSPS) is 28.3. The summed E-state index contributed by atoms with van der Waals surface area (Å²) in [4.78, 5) is 17.1. The van der Waals surface area contributed by atoms with E-state index in [9.17, 15) is 9.18 Å². The van der Waals surface area contributed by atoms with E-state index in [0.717, 1.165) is 64.3 Å². The molecule has 1 amide bonds. The molecule has 2 atom stereocenters. The molecule has 24 heavy (non-hydrogen) atoms. The van der Waals surface area contributed by atoms with Crippen LogP contribution < -0.4 is 0 Å². The average molecular weight is 332 g/mol. The predicted octanol–water partition coefficient (Wildman–Crippen LogP) is 2.14. The lowest BCUT2D eigenvalue weighted by Gasteiger charge is -2.27. The molecule has 1 aromatic carbocycles. The lowest BCUT2D eigenvalue weighted by atomic mass is 9.99. The molecule has 3 fully saturated rings. The number of ether oxygens (including phenoxy) is 1. The molecule has 3 saturated heterocycles. The van der Waals surface area contributed by atoms with Gasteiger partial charge in [-0.15, -0.1) is 0 Å². The number of amides is 1. The van der Waals surface area contributed by atoms with Crippen LogP contribution in [0.25, 0.3) is 0 Å². The highest BCUT2D eigenvalue weighted by atomic mass is 19.1. The molecule has 5 heteroatoms. The zero-order chi connectivity index (χ0) is 16.5. The largest absolute Gasteiger partial charge is 0.381 e. The van der Waals surface area contributed by atoms with Gasteiger partial charge in [0.2, 0.25) is 5.91 Å². The van der Waals surface area contributed by atoms with Crippen molar-refractivity contribution in [2.75, 3.05) is 39.4 Å². The number of halogens is 1. The SMILES string of the molecule is O=C(C1CCOCC1)N1C[C@H]2CN(Cc3cccc(F)c3)C[C@@H]2C1. The van der Waals surface area contributed by atoms with Crippen molar-refractivity contribution in [2.24, 2.45) is 17.8 Å². The van der Waals surface area contributed by atoms with E-state index in [2.05, 4.69) is 9.80 Å². The summed E-state index contributed by atoms with van der Waals surface area (Å²) in [6.45, 7) is 6.05. The zero-order valence-electron chi connectivity index (χ0n) is 14.0. The molecule has 130 valence electrons. The van der Waals surface area contributed by atoms with E-state index < -0.39 is 0 Å². The second-order valence-corrected chi connectivity index (χ2v) is 7.47. The minimum absolute atomic E-state index is 0.167. The Labute approximate surface area is 142 Å². The summed E-state index contributed by atoms with van der Waals surface area (Å²) in [5.41, 5.74) is 1.03. The van der Waals surface area contributed by atoms with Gasteiger partial charge in [0.05, 0.1) is 0 Å². The molecule has 4 rings (SSSR count). The van der Waals surface area contributed by atoms with E-state index in [1.165, 1.54) is 6.07 Å². The summed E-state index contributed by atoms with van der Waals surface area (Å²) in [7, 11) is 0. The second-order valence-electron chi connectivity index (χ2n) is 7.47. The third-order valence-electron chi connectivity index (χ3n) is 5.74. The van der Waals surface area contributed by atoms with Gasteiger partial charge in [0.15, 0.2) is 0 Å². The van der Waals surface area contributed by atoms with Crippen LogP contribution in [0.5, 0.6) is 0 Å². The highest BCUT2D eigenvalue weighted by Gasteiger charge is 2.42. The maximum atomic E-state index is 13.3. The fourth-order valence-electron chi connectivity index (χ4n) is 4.50. The summed E-state index contributed by atoms with van der Waals surface area (Å²) in [5.74, 6) is 1.48. The standard InChI is InChI=1S/C19H25FN2O2/c20-18-3-1-2-14(8-18)9-21-10-16-12-22(13-17(16)11-21)19(23)15-4-6-24-7-5-15/h1-3,8,15-17H,4-7,9-13H2/t16-,17-/m1/s1. The van der Waals surface area contributed by atoms with Crippen molar-refractivity contribution in [3.8, 4) is 0 Å². The van der Waals surface area contributed by atoms with Gasteiger partial charge < -0.3 is 9.64 Å². The fourth-order valence-corrected chi connectivity index (χ4v) is 4.50. The van der Waals surface area contributed by atoms with Crippen LogP contribution >= 0.6 is 0 Å². The maximum absolute atomic E-state index is 13.3. The smallest absolute Gasteiger partial charge is 0.225 e. The molecule has 3 aliphatic heterocycles.